The van der Waals surface area contributed by atoms with E-state index in [1.54, 1.807) is 0 Å². The Morgan fingerprint density at radius 1 is 1.44 bits per heavy atom. The van der Waals surface area contributed by atoms with Crippen molar-refractivity contribution in [3.8, 4) is 0 Å². The number of carbonyl (C=O) groups is 1. The van der Waals surface area contributed by atoms with E-state index >= 15 is 0 Å². The molecule has 1 aromatic carbocycles. The van der Waals surface area contributed by atoms with Crippen LogP contribution in [0, 0.1) is 0 Å². The van der Waals surface area contributed by atoms with Crippen molar-refractivity contribution in [3.05, 3.63) is 42.0 Å². The average molecular weight is 215 g/mol. The molecule has 1 amide bonds. The normalized spacial score (nSPS) is 18.1. The van der Waals surface area contributed by atoms with Crippen LogP contribution in [0.5, 0.6) is 0 Å². The fourth-order valence-electron chi connectivity index (χ4n) is 2.17. The van der Waals surface area contributed by atoms with Crippen molar-refractivity contribution in [1.82, 2.24) is 0 Å². The number of rotatable bonds is 4. The topological polar surface area (TPSA) is 29.1 Å². The zero-order chi connectivity index (χ0) is 11.5. The lowest BCUT2D eigenvalue weighted by molar-refractivity contribution is -0.117. The first-order valence-electron chi connectivity index (χ1n) is 5.72. The fraction of sp³-hybridized carbons (Fsp3) is 0.357. The van der Waals surface area contributed by atoms with Gasteiger partial charge in [0.05, 0.1) is 5.92 Å². The number of anilines is 1. The first-order chi connectivity index (χ1) is 7.68. The maximum Gasteiger partial charge on any atom is 0.232 e. The molecular weight excluding hydrogens is 198 g/mol. The molecule has 1 unspecified atom stereocenters. The Morgan fingerprint density at radius 2 is 2.19 bits per heavy atom. The van der Waals surface area contributed by atoms with Gasteiger partial charge in [-0.25, -0.2) is 0 Å². The molecule has 0 saturated heterocycles. The Balaban J connectivity index is 2.05. The van der Waals surface area contributed by atoms with Gasteiger partial charge in [-0.1, -0.05) is 23.8 Å². The van der Waals surface area contributed by atoms with Crippen molar-refractivity contribution in [2.45, 2.75) is 32.1 Å². The van der Waals surface area contributed by atoms with Crippen molar-refractivity contribution in [1.29, 1.82) is 0 Å². The highest BCUT2D eigenvalue weighted by molar-refractivity contribution is 6.02. The van der Waals surface area contributed by atoms with E-state index in [0.717, 1.165) is 30.5 Å². The van der Waals surface area contributed by atoms with Gasteiger partial charge in [0.25, 0.3) is 0 Å². The zero-order valence-corrected chi connectivity index (χ0v) is 9.62. The minimum atomic E-state index is 0.0375. The van der Waals surface area contributed by atoms with Gasteiger partial charge in [-0.3, -0.25) is 4.79 Å². The summed E-state index contributed by atoms with van der Waals surface area (Å²) in [6.45, 7) is 5.91. The van der Waals surface area contributed by atoms with E-state index in [2.05, 4.69) is 11.9 Å². The number of para-hydroxylation sites is 1. The SMILES string of the molecule is C=C(C)CCCC1C(=O)Nc2ccccc21. The Labute approximate surface area is 96.4 Å². The number of fused-ring (bicyclic) bond motifs is 1. The van der Waals surface area contributed by atoms with Crippen LogP contribution in [0.2, 0.25) is 0 Å². The third kappa shape index (κ3) is 2.16. The first-order valence-corrected chi connectivity index (χ1v) is 5.72. The van der Waals surface area contributed by atoms with Gasteiger partial charge in [0, 0.05) is 5.69 Å². The summed E-state index contributed by atoms with van der Waals surface area (Å²) in [5, 5.41) is 2.92. The van der Waals surface area contributed by atoms with Gasteiger partial charge < -0.3 is 5.32 Å². The molecule has 0 bridgehead atoms. The van der Waals surface area contributed by atoms with Crippen LogP contribution in [0.1, 0.15) is 37.7 Å². The summed E-state index contributed by atoms with van der Waals surface area (Å²) in [6, 6.07) is 7.95. The van der Waals surface area contributed by atoms with E-state index in [1.165, 1.54) is 5.57 Å². The quantitative estimate of drug-likeness (QED) is 0.765. The number of hydrogen-bond acceptors (Lipinski definition) is 1. The summed E-state index contributed by atoms with van der Waals surface area (Å²) in [5.41, 5.74) is 3.31. The molecule has 2 rings (SSSR count). The van der Waals surface area contributed by atoms with Crippen LogP contribution in [0.25, 0.3) is 0 Å². The summed E-state index contributed by atoms with van der Waals surface area (Å²) < 4.78 is 0. The Morgan fingerprint density at radius 3 is 2.94 bits per heavy atom. The highest BCUT2D eigenvalue weighted by Gasteiger charge is 2.29. The lowest BCUT2D eigenvalue weighted by Gasteiger charge is -2.08. The molecule has 0 aliphatic carbocycles. The summed E-state index contributed by atoms with van der Waals surface area (Å²) in [7, 11) is 0. The molecule has 1 N–H and O–H groups in total. The van der Waals surface area contributed by atoms with Gasteiger partial charge >= 0.3 is 0 Å². The van der Waals surface area contributed by atoms with Gasteiger partial charge in [-0.2, -0.15) is 0 Å². The van der Waals surface area contributed by atoms with E-state index in [1.807, 2.05) is 31.2 Å². The van der Waals surface area contributed by atoms with E-state index < -0.39 is 0 Å². The van der Waals surface area contributed by atoms with Crippen molar-refractivity contribution >= 4 is 11.6 Å². The predicted octanol–water partition coefficient (Wildman–Crippen LogP) is 3.47. The van der Waals surface area contributed by atoms with Crippen molar-refractivity contribution in [3.63, 3.8) is 0 Å². The Bertz CT molecular complexity index is 422. The zero-order valence-electron chi connectivity index (χ0n) is 9.62. The minimum absolute atomic E-state index is 0.0375. The molecule has 0 aromatic heterocycles. The molecule has 1 aliphatic rings. The monoisotopic (exact) mass is 215 g/mol. The number of nitrogens with one attached hydrogen (secondary N) is 1. The summed E-state index contributed by atoms with van der Waals surface area (Å²) in [5.74, 6) is 0.179. The van der Waals surface area contributed by atoms with Gasteiger partial charge in [-0.05, 0) is 37.8 Å². The van der Waals surface area contributed by atoms with Gasteiger partial charge in [0.15, 0.2) is 0 Å². The molecule has 0 radical (unpaired) electrons. The minimum Gasteiger partial charge on any atom is -0.325 e. The van der Waals surface area contributed by atoms with Crippen LogP contribution in [0.15, 0.2) is 36.4 Å². The van der Waals surface area contributed by atoms with E-state index in [9.17, 15) is 4.79 Å². The maximum absolute atomic E-state index is 11.8. The number of carbonyl (C=O) groups excluding carboxylic acids is 1. The fourth-order valence-corrected chi connectivity index (χ4v) is 2.17. The molecule has 2 heteroatoms. The average Bonchev–Trinajstić information content (AvgIpc) is 2.55. The summed E-state index contributed by atoms with van der Waals surface area (Å²) >= 11 is 0. The summed E-state index contributed by atoms with van der Waals surface area (Å²) in [6.07, 6.45) is 2.95. The molecule has 16 heavy (non-hydrogen) atoms. The molecule has 0 fully saturated rings. The number of benzene rings is 1. The lowest BCUT2D eigenvalue weighted by Crippen LogP contribution is -2.11. The van der Waals surface area contributed by atoms with Crippen molar-refractivity contribution < 1.29 is 4.79 Å². The molecule has 1 heterocycles. The number of hydrogen-bond donors (Lipinski definition) is 1. The highest BCUT2D eigenvalue weighted by atomic mass is 16.2. The molecule has 1 atom stereocenters. The molecule has 2 nitrogen and oxygen atoms in total. The number of allylic oxidation sites excluding steroid dienone is 1. The lowest BCUT2D eigenvalue weighted by atomic mass is 9.94. The third-order valence-corrected chi connectivity index (χ3v) is 3.01. The van der Waals surface area contributed by atoms with Crippen molar-refractivity contribution in [2.24, 2.45) is 0 Å². The van der Waals surface area contributed by atoms with Gasteiger partial charge in [-0.15, -0.1) is 6.58 Å². The van der Waals surface area contributed by atoms with E-state index in [4.69, 9.17) is 0 Å². The molecule has 84 valence electrons. The number of amides is 1. The summed E-state index contributed by atoms with van der Waals surface area (Å²) in [4.78, 5) is 11.8. The highest BCUT2D eigenvalue weighted by Crippen LogP contribution is 2.35. The Hall–Kier alpha value is -1.57. The van der Waals surface area contributed by atoms with Crippen LogP contribution in [-0.2, 0) is 4.79 Å². The third-order valence-electron chi connectivity index (χ3n) is 3.01. The predicted molar refractivity (Wildman–Crippen MR) is 66.5 cm³/mol. The van der Waals surface area contributed by atoms with Crippen LogP contribution in [-0.4, -0.2) is 5.91 Å². The van der Waals surface area contributed by atoms with Crippen LogP contribution in [0.3, 0.4) is 0 Å². The first kappa shape index (κ1) is 10.9. The maximum atomic E-state index is 11.8. The molecule has 1 aliphatic heterocycles. The smallest absolute Gasteiger partial charge is 0.232 e. The molecule has 1 aromatic rings. The Kier molecular flexibility index (Phi) is 3.09. The second-order valence-corrected chi connectivity index (χ2v) is 4.48. The molecule has 0 spiro atoms. The van der Waals surface area contributed by atoms with Crippen molar-refractivity contribution in [2.75, 3.05) is 5.32 Å². The van der Waals surface area contributed by atoms with Crippen LogP contribution >= 0.6 is 0 Å². The second-order valence-electron chi connectivity index (χ2n) is 4.48. The largest absolute Gasteiger partial charge is 0.325 e. The van der Waals surface area contributed by atoms with Crippen LogP contribution < -0.4 is 5.32 Å². The van der Waals surface area contributed by atoms with Gasteiger partial charge in [0.2, 0.25) is 5.91 Å². The van der Waals surface area contributed by atoms with Gasteiger partial charge in [0.1, 0.15) is 0 Å². The standard InChI is InChI=1S/C14H17NO/c1-10(2)6-5-8-12-11-7-3-4-9-13(11)15-14(12)16/h3-4,7,9,12H,1,5-6,8H2,2H3,(H,15,16). The molecular formula is C14H17NO. The van der Waals surface area contributed by atoms with E-state index in [-0.39, 0.29) is 11.8 Å². The molecule has 0 saturated carbocycles. The second kappa shape index (κ2) is 4.52. The van der Waals surface area contributed by atoms with E-state index in [0.29, 0.717) is 0 Å². The van der Waals surface area contributed by atoms with Crippen LogP contribution in [0.4, 0.5) is 5.69 Å².